The largest absolute Gasteiger partial charge is 0.496 e. The van der Waals surface area contributed by atoms with Gasteiger partial charge in [-0.25, -0.2) is 0 Å². The van der Waals surface area contributed by atoms with E-state index in [9.17, 15) is 4.55 Å². The van der Waals surface area contributed by atoms with Crippen LogP contribution in [0.1, 0.15) is 11.1 Å². The van der Waals surface area contributed by atoms with Crippen molar-refractivity contribution in [2.75, 3.05) is 42.7 Å². The molecule has 1 aliphatic heterocycles. The summed E-state index contributed by atoms with van der Waals surface area (Å²) >= 11 is 2.03. The Morgan fingerprint density at radius 3 is 1.93 bits per heavy atom. The van der Waals surface area contributed by atoms with Crippen molar-refractivity contribution in [3.05, 3.63) is 53.6 Å². The van der Waals surface area contributed by atoms with Crippen LogP contribution in [0.5, 0.6) is 11.5 Å². The minimum atomic E-state index is -1.24. The van der Waals surface area contributed by atoms with Crippen molar-refractivity contribution < 1.29 is 33.0 Å². The summed E-state index contributed by atoms with van der Waals surface area (Å²) in [6, 6.07) is 13.1. The van der Waals surface area contributed by atoms with Gasteiger partial charge in [-0.05, 0) is 24.3 Å². The molecule has 1 N–H and O–H groups in total. The lowest BCUT2D eigenvalue weighted by molar-refractivity contribution is -0.149. The molecule has 0 atom stereocenters. The molecular formula is C20H26O7S2. The topological polar surface area (TPSA) is 75.6 Å². The van der Waals surface area contributed by atoms with E-state index in [-0.39, 0.29) is 0 Å². The first-order valence-corrected chi connectivity index (χ1v) is 10.1. The van der Waals surface area contributed by atoms with Gasteiger partial charge in [-0.2, -0.15) is 0 Å². The smallest absolute Gasteiger partial charge is 0.274 e. The quantitative estimate of drug-likeness (QED) is 0.469. The van der Waals surface area contributed by atoms with Gasteiger partial charge < -0.3 is 33.0 Å². The van der Waals surface area contributed by atoms with Gasteiger partial charge in [0.2, 0.25) is 0 Å². The summed E-state index contributed by atoms with van der Waals surface area (Å²) in [5.41, 5.74) is 1.61. The average Bonchev–Trinajstić information content (AvgIpc) is 2.77. The zero-order valence-corrected chi connectivity index (χ0v) is 18.9. The lowest BCUT2D eigenvalue weighted by Gasteiger charge is -2.40. The molecule has 2 aromatic carbocycles. The predicted molar refractivity (Wildman–Crippen MR) is 113 cm³/mol. The number of methoxy groups -OCH3 is 6. The molecule has 0 amide bonds. The van der Waals surface area contributed by atoms with Crippen molar-refractivity contribution in [2.24, 2.45) is 0 Å². The second-order valence-electron chi connectivity index (χ2n) is 5.66. The van der Waals surface area contributed by atoms with Gasteiger partial charge in [0.15, 0.2) is 0 Å². The van der Waals surface area contributed by atoms with E-state index < -0.39 is 10.2 Å². The van der Waals surface area contributed by atoms with Crippen LogP contribution < -0.4 is 9.47 Å². The van der Waals surface area contributed by atoms with E-state index in [0.29, 0.717) is 23.4 Å². The average molecular weight is 443 g/mol. The molecule has 0 fully saturated rings. The van der Waals surface area contributed by atoms with E-state index in [4.69, 9.17) is 28.4 Å². The third-order valence-corrected chi connectivity index (χ3v) is 6.55. The number of benzene rings is 2. The molecule has 0 saturated carbocycles. The summed E-state index contributed by atoms with van der Waals surface area (Å²) in [5, 5.41) is -1.92. The van der Waals surface area contributed by atoms with Gasteiger partial charge in [0.25, 0.3) is 10.2 Å². The number of rotatable bonds is 8. The summed E-state index contributed by atoms with van der Waals surface area (Å²) in [6.07, 6.45) is 0. The Bertz CT molecular complexity index is 784. The Morgan fingerprint density at radius 1 is 0.828 bits per heavy atom. The van der Waals surface area contributed by atoms with E-state index in [2.05, 4.69) is 0 Å². The number of ether oxygens (including phenoxy) is 6. The maximum absolute atomic E-state index is 9.26. The molecule has 0 unspecified atom stereocenters. The van der Waals surface area contributed by atoms with Crippen molar-refractivity contribution in [1.82, 2.24) is 0 Å². The van der Waals surface area contributed by atoms with Crippen LogP contribution in [0.3, 0.4) is 0 Å². The van der Waals surface area contributed by atoms with E-state index in [1.807, 2.05) is 30.3 Å². The van der Waals surface area contributed by atoms with Gasteiger partial charge in [-0.1, -0.05) is 30.0 Å². The normalized spacial score (nSPS) is 14.2. The zero-order valence-electron chi connectivity index (χ0n) is 17.3. The van der Waals surface area contributed by atoms with E-state index in [1.54, 1.807) is 52.3 Å². The maximum Gasteiger partial charge on any atom is 0.274 e. The van der Waals surface area contributed by atoms with Crippen LogP contribution in [0.2, 0.25) is 0 Å². The zero-order chi connectivity index (χ0) is 21.5. The lowest BCUT2D eigenvalue weighted by atomic mass is 10.1. The van der Waals surface area contributed by atoms with Gasteiger partial charge >= 0.3 is 0 Å². The lowest BCUT2D eigenvalue weighted by Crippen LogP contribution is -2.34. The second-order valence-corrected chi connectivity index (χ2v) is 7.56. The van der Waals surface area contributed by atoms with E-state index in [0.717, 1.165) is 16.2 Å². The molecule has 0 aromatic heterocycles. The second kappa shape index (κ2) is 10.5. The Labute approximate surface area is 179 Å². The van der Waals surface area contributed by atoms with Crippen molar-refractivity contribution in [1.29, 1.82) is 0 Å². The monoisotopic (exact) mass is 442 g/mol. The van der Waals surface area contributed by atoms with Crippen molar-refractivity contribution in [3.63, 3.8) is 0 Å². The summed E-state index contributed by atoms with van der Waals surface area (Å²) in [5.74, 6) is 1.41. The van der Waals surface area contributed by atoms with Crippen molar-refractivity contribution in [2.45, 2.75) is 15.1 Å². The molecule has 9 heteroatoms. The summed E-state index contributed by atoms with van der Waals surface area (Å²) in [6.45, 7) is 0. The number of thioether (sulfide) groups is 1. The first-order valence-electron chi connectivity index (χ1n) is 8.54. The van der Waals surface area contributed by atoms with Gasteiger partial charge in [0.1, 0.15) is 11.5 Å². The molecule has 0 saturated heterocycles. The van der Waals surface area contributed by atoms with Crippen molar-refractivity contribution >= 4 is 23.8 Å². The third kappa shape index (κ3) is 4.51. The van der Waals surface area contributed by atoms with Gasteiger partial charge in [0, 0.05) is 33.3 Å². The summed E-state index contributed by atoms with van der Waals surface area (Å²) in [7, 11) is 9.38. The Balaban J connectivity index is 0.000000207. The molecule has 7 nitrogen and oxygen atoms in total. The number of fused-ring (bicyclic) bond motifs is 1. The molecule has 1 heterocycles. The highest BCUT2D eigenvalue weighted by atomic mass is 32.2. The minimum absolute atomic E-state index is 0.476. The van der Waals surface area contributed by atoms with Crippen LogP contribution in [-0.2, 0) is 29.2 Å². The minimum Gasteiger partial charge on any atom is -0.496 e. The third-order valence-electron chi connectivity index (χ3n) is 4.39. The maximum atomic E-state index is 9.26. The van der Waals surface area contributed by atoms with Crippen LogP contribution in [0.4, 0.5) is 0 Å². The molecule has 0 spiro atoms. The highest BCUT2D eigenvalue weighted by Crippen LogP contribution is 2.58. The Morgan fingerprint density at radius 2 is 1.41 bits per heavy atom. The Kier molecular flexibility index (Phi) is 8.65. The molecule has 29 heavy (non-hydrogen) atoms. The van der Waals surface area contributed by atoms with Crippen LogP contribution in [0, 0.1) is 0 Å². The summed E-state index contributed by atoms with van der Waals surface area (Å²) in [4.78, 5) is 1.15. The van der Waals surface area contributed by atoms with Gasteiger partial charge in [-0.15, -0.1) is 0 Å². The van der Waals surface area contributed by atoms with Crippen LogP contribution in [-0.4, -0.2) is 47.2 Å². The Hall–Kier alpha value is -1.46. The fourth-order valence-electron chi connectivity index (χ4n) is 2.91. The fourth-order valence-corrected chi connectivity index (χ4v) is 4.43. The molecule has 0 radical (unpaired) electrons. The van der Waals surface area contributed by atoms with Gasteiger partial charge in [0.05, 0.1) is 37.4 Å². The fraction of sp³-hybridized carbons (Fsp3) is 0.400. The number of para-hydroxylation sites is 1. The standard InChI is InChI=1S/C10H14O4S.C10H12O3S/c1-12-9-7-5-4-6-8(9)10(13-2,14-3)15-11;1-11-7-5-4-6-8-9(7)10(12-2,13-3)14-8/h4-7,11H,1-3H3;4-6H,1-3H3. The van der Waals surface area contributed by atoms with Crippen LogP contribution >= 0.6 is 23.8 Å². The predicted octanol–water partition coefficient (Wildman–Crippen LogP) is 4.51. The molecule has 0 bridgehead atoms. The molecular weight excluding hydrogens is 416 g/mol. The molecule has 3 rings (SSSR count). The van der Waals surface area contributed by atoms with Crippen LogP contribution in [0.25, 0.3) is 0 Å². The molecule has 160 valence electrons. The van der Waals surface area contributed by atoms with Gasteiger partial charge in [-0.3, -0.25) is 0 Å². The first kappa shape index (κ1) is 23.8. The number of hydrogen-bond donors (Lipinski definition) is 1. The first-order chi connectivity index (χ1) is 14.0. The van der Waals surface area contributed by atoms with E-state index in [1.165, 1.54) is 14.2 Å². The number of hydrogen-bond acceptors (Lipinski definition) is 9. The molecule has 1 aliphatic rings. The SMILES string of the molecule is COc1cccc2c1C(OC)(OC)S2.COc1ccccc1C(OC)(OC)SO. The van der Waals surface area contributed by atoms with Crippen LogP contribution in [0.15, 0.2) is 47.4 Å². The van der Waals surface area contributed by atoms with Crippen molar-refractivity contribution in [3.8, 4) is 11.5 Å². The molecule has 0 aliphatic carbocycles. The summed E-state index contributed by atoms with van der Waals surface area (Å²) < 4.78 is 40.8. The highest BCUT2D eigenvalue weighted by Gasteiger charge is 2.47. The molecule has 2 aromatic rings. The highest BCUT2D eigenvalue weighted by molar-refractivity contribution is 8.01. The van der Waals surface area contributed by atoms with E-state index >= 15 is 0 Å².